The molecule has 3 unspecified atom stereocenters. The maximum absolute atomic E-state index is 12.0. The SMILES string of the molecule is NC(=O)[C@@H]1CC[C@H](NC(=O)NCC2CC3C=CC2CC3)C1. The molecule has 21 heavy (non-hydrogen) atoms. The second-order valence-electron chi connectivity index (χ2n) is 6.85. The molecule has 0 aromatic rings. The average Bonchev–Trinajstić information content (AvgIpc) is 2.95. The van der Waals surface area contributed by atoms with Crippen LogP contribution in [0.2, 0.25) is 0 Å². The molecule has 4 aliphatic rings. The van der Waals surface area contributed by atoms with Gasteiger partial charge in [0.05, 0.1) is 0 Å². The van der Waals surface area contributed by atoms with Gasteiger partial charge in [0.15, 0.2) is 0 Å². The molecule has 0 saturated heterocycles. The van der Waals surface area contributed by atoms with E-state index in [1.807, 2.05) is 0 Å². The first-order valence-corrected chi connectivity index (χ1v) is 8.14. The number of primary amides is 1. The minimum Gasteiger partial charge on any atom is -0.369 e. The molecule has 0 spiro atoms. The van der Waals surface area contributed by atoms with E-state index in [1.54, 1.807) is 0 Å². The van der Waals surface area contributed by atoms with E-state index >= 15 is 0 Å². The van der Waals surface area contributed by atoms with E-state index in [-0.39, 0.29) is 23.9 Å². The van der Waals surface area contributed by atoms with Gasteiger partial charge in [0.25, 0.3) is 0 Å². The number of hydrogen-bond acceptors (Lipinski definition) is 2. The number of carbonyl (C=O) groups excluding carboxylic acids is 2. The number of carbonyl (C=O) groups is 2. The molecule has 0 aromatic carbocycles. The van der Waals surface area contributed by atoms with Crippen molar-refractivity contribution in [1.29, 1.82) is 0 Å². The summed E-state index contributed by atoms with van der Waals surface area (Å²) in [6, 6.07) is -0.0132. The van der Waals surface area contributed by atoms with Crippen LogP contribution in [-0.2, 0) is 4.79 Å². The van der Waals surface area contributed by atoms with Crippen molar-refractivity contribution in [3.8, 4) is 0 Å². The predicted molar refractivity (Wildman–Crippen MR) is 80.3 cm³/mol. The van der Waals surface area contributed by atoms with Crippen LogP contribution >= 0.6 is 0 Å². The molecule has 5 nitrogen and oxygen atoms in total. The smallest absolute Gasteiger partial charge is 0.315 e. The number of urea groups is 1. The quantitative estimate of drug-likeness (QED) is 0.686. The molecular weight excluding hydrogens is 266 g/mol. The molecule has 2 fully saturated rings. The molecule has 4 aliphatic carbocycles. The molecule has 5 atom stereocenters. The van der Waals surface area contributed by atoms with E-state index in [2.05, 4.69) is 22.8 Å². The molecule has 2 saturated carbocycles. The molecule has 3 amide bonds. The molecule has 5 heteroatoms. The highest BCUT2D eigenvalue weighted by Gasteiger charge is 2.32. The highest BCUT2D eigenvalue weighted by Crippen LogP contribution is 2.39. The molecule has 0 aromatic heterocycles. The summed E-state index contributed by atoms with van der Waals surface area (Å²) in [5.41, 5.74) is 5.31. The van der Waals surface area contributed by atoms with Crippen LogP contribution in [-0.4, -0.2) is 24.5 Å². The summed E-state index contributed by atoms with van der Waals surface area (Å²) in [5, 5.41) is 5.98. The number of nitrogens with two attached hydrogens (primary N) is 1. The predicted octanol–water partition coefficient (Wildman–Crippen LogP) is 1.54. The summed E-state index contributed by atoms with van der Waals surface area (Å²) in [6.07, 6.45) is 10.8. The highest BCUT2D eigenvalue weighted by atomic mass is 16.2. The molecule has 2 bridgehead atoms. The number of nitrogens with one attached hydrogen (secondary N) is 2. The van der Waals surface area contributed by atoms with Gasteiger partial charge in [0.1, 0.15) is 0 Å². The van der Waals surface area contributed by atoms with Crippen molar-refractivity contribution in [1.82, 2.24) is 10.6 Å². The van der Waals surface area contributed by atoms with Crippen molar-refractivity contribution >= 4 is 11.9 Å². The number of hydrogen-bond donors (Lipinski definition) is 3. The molecule has 0 radical (unpaired) electrons. The van der Waals surface area contributed by atoms with E-state index in [4.69, 9.17) is 5.73 Å². The summed E-state index contributed by atoms with van der Waals surface area (Å²) < 4.78 is 0. The molecule has 0 aliphatic heterocycles. The van der Waals surface area contributed by atoms with Crippen molar-refractivity contribution < 1.29 is 9.59 Å². The Kier molecular flexibility index (Phi) is 4.17. The second kappa shape index (κ2) is 6.08. The third-order valence-electron chi connectivity index (χ3n) is 5.41. The minimum atomic E-state index is -0.246. The van der Waals surface area contributed by atoms with Crippen LogP contribution in [0.25, 0.3) is 0 Å². The van der Waals surface area contributed by atoms with Gasteiger partial charge in [-0.05, 0) is 56.3 Å². The fourth-order valence-electron chi connectivity index (χ4n) is 4.12. The largest absolute Gasteiger partial charge is 0.369 e. The first kappa shape index (κ1) is 14.4. The lowest BCUT2D eigenvalue weighted by molar-refractivity contribution is -0.121. The van der Waals surface area contributed by atoms with E-state index < -0.39 is 0 Å². The maximum Gasteiger partial charge on any atom is 0.315 e. The van der Waals surface area contributed by atoms with Crippen molar-refractivity contribution in [3.05, 3.63) is 12.2 Å². The van der Waals surface area contributed by atoms with E-state index in [0.717, 1.165) is 25.3 Å². The Bertz CT molecular complexity index is 449. The topological polar surface area (TPSA) is 84.2 Å². The van der Waals surface area contributed by atoms with Gasteiger partial charge >= 0.3 is 6.03 Å². The van der Waals surface area contributed by atoms with Crippen molar-refractivity contribution in [2.24, 2.45) is 29.4 Å². The summed E-state index contributed by atoms with van der Waals surface area (Å²) in [7, 11) is 0. The third-order valence-corrected chi connectivity index (χ3v) is 5.41. The zero-order valence-corrected chi connectivity index (χ0v) is 12.4. The van der Waals surface area contributed by atoms with Crippen molar-refractivity contribution in [2.45, 2.75) is 44.6 Å². The van der Waals surface area contributed by atoms with Crippen LogP contribution < -0.4 is 16.4 Å². The molecule has 116 valence electrons. The second-order valence-corrected chi connectivity index (χ2v) is 6.85. The average molecular weight is 291 g/mol. The van der Waals surface area contributed by atoms with Gasteiger partial charge < -0.3 is 16.4 Å². The maximum atomic E-state index is 12.0. The van der Waals surface area contributed by atoms with Gasteiger partial charge in [-0.1, -0.05) is 12.2 Å². The lowest BCUT2D eigenvalue weighted by Gasteiger charge is -2.38. The lowest BCUT2D eigenvalue weighted by Crippen LogP contribution is -2.45. The van der Waals surface area contributed by atoms with Crippen LogP contribution in [0.15, 0.2) is 12.2 Å². The van der Waals surface area contributed by atoms with Crippen LogP contribution in [0, 0.1) is 23.7 Å². The van der Waals surface area contributed by atoms with Crippen LogP contribution in [0.3, 0.4) is 0 Å². The minimum absolute atomic E-state index is 0.0745. The normalized spacial score (nSPS) is 37.4. The van der Waals surface area contributed by atoms with E-state index in [0.29, 0.717) is 18.3 Å². The van der Waals surface area contributed by atoms with E-state index in [9.17, 15) is 9.59 Å². The third kappa shape index (κ3) is 3.39. The number of rotatable bonds is 4. The Hall–Kier alpha value is -1.52. The van der Waals surface area contributed by atoms with Crippen molar-refractivity contribution in [2.75, 3.05) is 6.54 Å². The molecular formula is C16H25N3O2. The zero-order valence-electron chi connectivity index (χ0n) is 12.4. The molecule has 4 rings (SSSR count). The Morgan fingerprint density at radius 3 is 2.52 bits per heavy atom. The van der Waals surface area contributed by atoms with Crippen LogP contribution in [0.4, 0.5) is 4.79 Å². The Morgan fingerprint density at radius 1 is 1.10 bits per heavy atom. The van der Waals surface area contributed by atoms with Crippen LogP contribution in [0.1, 0.15) is 38.5 Å². The van der Waals surface area contributed by atoms with Gasteiger partial charge in [-0.3, -0.25) is 4.79 Å². The van der Waals surface area contributed by atoms with E-state index in [1.165, 1.54) is 19.3 Å². The molecule has 4 N–H and O–H groups in total. The first-order chi connectivity index (χ1) is 10.1. The molecule has 0 heterocycles. The summed E-state index contributed by atoms with van der Waals surface area (Å²) >= 11 is 0. The number of fused-ring (bicyclic) bond motifs is 2. The first-order valence-electron chi connectivity index (χ1n) is 8.14. The van der Waals surface area contributed by atoms with Gasteiger partial charge in [0, 0.05) is 18.5 Å². The number of amides is 3. The Labute approximate surface area is 125 Å². The van der Waals surface area contributed by atoms with Gasteiger partial charge in [-0.25, -0.2) is 4.79 Å². The van der Waals surface area contributed by atoms with Gasteiger partial charge in [0.2, 0.25) is 5.91 Å². The summed E-state index contributed by atoms with van der Waals surface area (Å²) in [4.78, 5) is 23.1. The fourth-order valence-corrected chi connectivity index (χ4v) is 4.12. The summed E-state index contributed by atoms with van der Waals surface area (Å²) in [5.74, 6) is 1.62. The lowest BCUT2D eigenvalue weighted by atomic mass is 9.69. The standard InChI is InChI=1S/C16H25N3O2/c17-15(20)12-5-6-14(8-12)19-16(21)18-9-13-7-10-1-3-11(13)4-2-10/h1,3,10-14H,2,4-9H2,(H2,17,20)(H2,18,19,21)/t10?,11?,12-,13?,14+/m1/s1. The van der Waals surface area contributed by atoms with Gasteiger partial charge in [-0.15, -0.1) is 0 Å². The summed E-state index contributed by atoms with van der Waals surface area (Å²) in [6.45, 7) is 0.753. The van der Waals surface area contributed by atoms with Crippen LogP contribution in [0.5, 0.6) is 0 Å². The Balaban J connectivity index is 1.39. The Morgan fingerprint density at radius 2 is 1.95 bits per heavy atom. The monoisotopic (exact) mass is 291 g/mol. The zero-order chi connectivity index (χ0) is 14.8. The highest BCUT2D eigenvalue weighted by molar-refractivity contribution is 5.78. The van der Waals surface area contributed by atoms with Crippen molar-refractivity contribution in [3.63, 3.8) is 0 Å². The fraction of sp³-hybridized carbons (Fsp3) is 0.750. The van der Waals surface area contributed by atoms with Gasteiger partial charge in [-0.2, -0.15) is 0 Å². The number of allylic oxidation sites excluding steroid dienone is 2.